The van der Waals surface area contributed by atoms with E-state index in [9.17, 15) is 4.79 Å². The van der Waals surface area contributed by atoms with E-state index in [1.54, 1.807) is 12.2 Å². The highest BCUT2D eigenvalue weighted by atomic mass is 16.1. The molecule has 0 saturated heterocycles. The molecule has 0 bridgehead atoms. The van der Waals surface area contributed by atoms with Crippen molar-refractivity contribution in [2.45, 2.75) is 13.8 Å². The molecule has 0 spiro atoms. The Morgan fingerprint density at radius 2 is 2.00 bits per heavy atom. The van der Waals surface area contributed by atoms with Gasteiger partial charge in [0.15, 0.2) is 0 Å². The summed E-state index contributed by atoms with van der Waals surface area (Å²) in [6.07, 6.45) is 4.86. The van der Waals surface area contributed by atoms with E-state index in [-0.39, 0.29) is 0 Å². The van der Waals surface area contributed by atoms with Crippen LogP contribution in [0.5, 0.6) is 0 Å². The summed E-state index contributed by atoms with van der Waals surface area (Å²) in [6.45, 7) is 11.4. The van der Waals surface area contributed by atoms with Gasteiger partial charge >= 0.3 is 0 Å². The van der Waals surface area contributed by atoms with Gasteiger partial charge in [0.05, 0.1) is 5.70 Å². The van der Waals surface area contributed by atoms with E-state index >= 15 is 0 Å². The molecule has 0 aliphatic heterocycles. The molecule has 0 aromatic heterocycles. The Morgan fingerprint density at radius 1 is 1.42 bits per heavy atom. The Morgan fingerprint density at radius 3 is 2.42 bits per heavy atom. The van der Waals surface area contributed by atoms with Crippen LogP contribution in [0.1, 0.15) is 13.8 Å². The molecule has 0 fully saturated rings. The third kappa shape index (κ3) is 4.42. The minimum Gasteiger partial charge on any atom is -0.211 e. The third-order valence-corrected chi connectivity index (χ3v) is 1.42. The van der Waals surface area contributed by atoms with Gasteiger partial charge in [-0.3, -0.25) is 0 Å². The molecule has 12 heavy (non-hydrogen) atoms. The average molecular weight is 163 g/mol. The van der Waals surface area contributed by atoms with E-state index in [1.165, 1.54) is 6.08 Å². The molecule has 0 radical (unpaired) electrons. The lowest BCUT2D eigenvalue weighted by molar-refractivity contribution is 0.565. The number of isocyanates is 1. The third-order valence-electron chi connectivity index (χ3n) is 1.42. The molecule has 0 aliphatic rings. The fraction of sp³-hybridized carbons (Fsp3) is 0.300. The van der Waals surface area contributed by atoms with E-state index in [0.717, 1.165) is 5.57 Å². The van der Waals surface area contributed by atoms with Gasteiger partial charge in [-0.25, -0.2) is 4.79 Å². The molecule has 0 amide bonds. The van der Waals surface area contributed by atoms with Crippen molar-refractivity contribution >= 4 is 6.08 Å². The normalized spacial score (nSPS) is 9.92. The molecular weight excluding hydrogens is 150 g/mol. The van der Waals surface area contributed by atoms with Crippen LogP contribution < -0.4 is 0 Å². The van der Waals surface area contributed by atoms with Gasteiger partial charge in [-0.05, 0) is 12.0 Å². The predicted octanol–water partition coefficient (Wildman–Crippen LogP) is 2.60. The van der Waals surface area contributed by atoms with Crippen molar-refractivity contribution in [3.8, 4) is 0 Å². The summed E-state index contributed by atoms with van der Waals surface area (Å²) in [5, 5.41) is 0. The van der Waals surface area contributed by atoms with Crippen LogP contribution in [-0.2, 0) is 4.79 Å². The van der Waals surface area contributed by atoms with E-state index in [1.807, 2.05) is 13.8 Å². The van der Waals surface area contributed by atoms with Gasteiger partial charge < -0.3 is 0 Å². The standard InChI is InChI=1S/C10H13NO/c1-8(2)9(3)5-6-10(4)11-7-12/h5-6,8H,3-4H2,1-2H3/b6-5-. The fourth-order valence-electron chi connectivity index (χ4n) is 0.492. The number of nitrogens with zero attached hydrogens (tertiary/aromatic N) is 1. The molecule has 0 aliphatic carbocycles. The van der Waals surface area contributed by atoms with Crippen LogP contribution in [0.15, 0.2) is 41.6 Å². The Labute approximate surface area is 73.0 Å². The van der Waals surface area contributed by atoms with E-state index in [2.05, 4.69) is 18.2 Å². The molecule has 0 atom stereocenters. The molecule has 0 unspecified atom stereocenters. The van der Waals surface area contributed by atoms with E-state index < -0.39 is 0 Å². The minimum atomic E-state index is 0.395. The zero-order valence-electron chi connectivity index (χ0n) is 7.50. The van der Waals surface area contributed by atoms with Gasteiger partial charge in [-0.2, -0.15) is 4.99 Å². The quantitative estimate of drug-likeness (QED) is 0.356. The zero-order chi connectivity index (χ0) is 9.56. The second-order valence-corrected chi connectivity index (χ2v) is 2.76. The molecular formula is C10H13NO. The van der Waals surface area contributed by atoms with Crippen molar-refractivity contribution in [1.82, 2.24) is 0 Å². The lowest BCUT2D eigenvalue weighted by Gasteiger charge is -2.01. The summed E-state index contributed by atoms with van der Waals surface area (Å²) in [7, 11) is 0. The molecule has 0 saturated carbocycles. The summed E-state index contributed by atoms with van der Waals surface area (Å²) in [5.74, 6) is 0.397. The monoisotopic (exact) mass is 163 g/mol. The van der Waals surface area contributed by atoms with Crippen LogP contribution in [0, 0.1) is 5.92 Å². The Balaban J connectivity index is 4.16. The highest BCUT2D eigenvalue weighted by molar-refractivity contribution is 5.39. The largest absolute Gasteiger partial charge is 0.240 e. The van der Waals surface area contributed by atoms with Crippen LogP contribution in [0.25, 0.3) is 0 Å². The van der Waals surface area contributed by atoms with Gasteiger partial charge in [0, 0.05) is 0 Å². The molecule has 2 nitrogen and oxygen atoms in total. The number of hydrogen-bond acceptors (Lipinski definition) is 2. The second kappa shape index (κ2) is 5.28. The van der Waals surface area contributed by atoms with E-state index in [0.29, 0.717) is 11.6 Å². The first-order valence-electron chi connectivity index (χ1n) is 3.71. The Kier molecular flexibility index (Phi) is 4.66. The van der Waals surface area contributed by atoms with Gasteiger partial charge in [-0.15, -0.1) is 0 Å². The van der Waals surface area contributed by atoms with Crippen LogP contribution in [0.3, 0.4) is 0 Å². The maximum atomic E-state index is 9.79. The van der Waals surface area contributed by atoms with E-state index in [4.69, 9.17) is 0 Å². The van der Waals surface area contributed by atoms with Crippen LogP contribution in [-0.4, -0.2) is 6.08 Å². The number of hydrogen-bond donors (Lipinski definition) is 0. The first-order chi connectivity index (χ1) is 5.57. The highest BCUT2D eigenvalue weighted by Gasteiger charge is 1.93. The zero-order valence-corrected chi connectivity index (χ0v) is 7.50. The molecule has 0 aromatic carbocycles. The SMILES string of the molecule is C=C(/C=C\C(=C)C(C)C)N=C=O. The minimum absolute atomic E-state index is 0.395. The van der Waals surface area contributed by atoms with Gasteiger partial charge in [-0.1, -0.05) is 38.7 Å². The number of rotatable bonds is 4. The van der Waals surface area contributed by atoms with Crippen molar-refractivity contribution in [1.29, 1.82) is 0 Å². The lowest BCUT2D eigenvalue weighted by atomic mass is 10.1. The fourth-order valence-corrected chi connectivity index (χ4v) is 0.492. The molecule has 0 heterocycles. The summed E-state index contributed by atoms with van der Waals surface area (Å²) in [4.78, 5) is 13.1. The first kappa shape index (κ1) is 10.6. The van der Waals surface area contributed by atoms with Crippen molar-refractivity contribution in [2.24, 2.45) is 10.9 Å². The van der Waals surface area contributed by atoms with Crippen molar-refractivity contribution in [3.63, 3.8) is 0 Å². The molecule has 2 heteroatoms. The van der Waals surface area contributed by atoms with Gasteiger partial charge in [0.2, 0.25) is 6.08 Å². The second-order valence-electron chi connectivity index (χ2n) is 2.76. The van der Waals surface area contributed by atoms with Crippen molar-refractivity contribution < 1.29 is 4.79 Å². The lowest BCUT2D eigenvalue weighted by Crippen LogP contribution is -1.87. The van der Waals surface area contributed by atoms with Crippen molar-refractivity contribution in [2.75, 3.05) is 0 Å². The number of aliphatic imine (C=N–C) groups is 1. The molecule has 0 aromatic rings. The molecule has 64 valence electrons. The van der Waals surface area contributed by atoms with Crippen LogP contribution in [0.4, 0.5) is 0 Å². The first-order valence-corrected chi connectivity index (χ1v) is 3.71. The Hall–Kier alpha value is -1.40. The van der Waals surface area contributed by atoms with Gasteiger partial charge in [0.25, 0.3) is 0 Å². The Bertz CT molecular complexity index is 255. The van der Waals surface area contributed by atoms with Gasteiger partial charge in [0.1, 0.15) is 0 Å². The summed E-state index contributed by atoms with van der Waals surface area (Å²) in [5.41, 5.74) is 1.38. The maximum absolute atomic E-state index is 9.79. The highest BCUT2D eigenvalue weighted by Crippen LogP contribution is 2.08. The van der Waals surface area contributed by atoms with Crippen molar-refractivity contribution in [3.05, 3.63) is 36.6 Å². The number of carbonyl (C=O) groups excluding carboxylic acids is 1. The topological polar surface area (TPSA) is 29.4 Å². The smallest absolute Gasteiger partial charge is 0.211 e. The molecule has 0 rings (SSSR count). The summed E-state index contributed by atoms with van der Waals surface area (Å²) < 4.78 is 0. The van der Waals surface area contributed by atoms with Crippen LogP contribution in [0.2, 0.25) is 0 Å². The van der Waals surface area contributed by atoms with Crippen LogP contribution >= 0.6 is 0 Å². The number of allylic oxidation sites excluding steroid dienone is 3. The average Bonchev–Trinajstić information content (AvgIpc) is 2.00. The maximum Gasteiger partial charge on any atom is 0.240 e. The summed E-state index contributed by atoms with van der Waals surface area (Å²) in [6, 6.07) is 0. The molecule has 0 N–H and O–H groups in total. The summed E-state index contributed by atoms with van der Waals surface area (Å²) >= 11 is 0. The predicted molar refractivity (Wildman–Crippen MR) is 50.4 cm³/mol.